The average molecular weight is 394 g/mol. The topological polar surface area (TPSA) is 69.4 Å². The van der Waals surface area contributed by atoms with Crippen LogP contribution in [0.2, 0.25) is 0 Å². The Morgan fingerprint density at radius 2 is 1.93 bits per heavy atom. The van der Waals surface area contributed by atoms with E-state index in [1.165, 1.54) is 7.11 Å². The zero-order valence-electron chi connectivity index (χ0n) is 16.5. The van der Waals surface area contributed by atoms with Gasteiger partial charge in [0.15, 0.2) is 0 Å². The van der Waals surface area contributed by atoms with Crippen LogP contribution in [-0.4, -0.2) is 32.7 Å². The van der Waals surface area contributed by atoms with Crippen LogP contribution in [0.15, 0.2) is 73.1 Å². The van der Waals surface area contributed by atoms with E-state index in [-0.39, 0.29) is 5.97 Å². The van der Waals surface area contributed by atoms with Crippen molar-refractivity contribution in [3.63, 3.8) is 0 Å². The molecule has 5 aromatic rings. The number of nitrogens with zero attached hydrogens (tertiary/aromatic N) is 4. The smallest absolute Gasteiger partial charge is 0.337 e. The van der Waals surface area contributed by atoms with E-state index in [9.17, 15) is 4.79 Å². The molecule has 0 bridgehead atoms. The van der Waals surface area contributed by atoms with Crippen LogP contribution < -0.4 is 0 Å². The number of aryl methyl sites for hydroxylation is 1. The largest absolute Gasteiger partial charge is 0.465 e. The van der Waals surface area contributed by atoms with Gasteiger partial charge in [0, 0.05) is 29.0 Å². The maximum atomic E-state index is 11.9. The molecule has 0 radical (unpaired) electrons. The number of ether oxygens (including phenoxy) is 1. The van der Waals surface area contributed by atoms with Gasteiger partial charge in [-0.1, -0.05) is 18.2 Å². The lowest BCUT2D eigenvalue weighted by atomic mass is 9.97. The number of hydrogen-bond donors (Lipinski definition) is 0. The van der Waals surface area contributed by atoms with Crippen molar-refractivity contribution in [2.24, 2.45) is 0 Å². The van der Waals surface area contributed by atoms with E-state index < -0.39 is 0 Å². The van der Waals surface area contributed by atoms with Gasteiger partial charge in [0.2, 0.25) is 0 Å². The normalized spacial score (nSPS) is 11.1. The van der Waals surface area contributed by atoms with Gasteiger partial charge >= 0.3 is 5.97 Å². The van der Waals surface area contributed by atoms with Gasteiger partial charge in [0.25, 0.3) is 0 Å². The van der Waals surface area contributed by atoms with E-state index in [0.29, 0.717) is 11.1 Å². The number of carbonyl (C=O) groups excluding carboxylic acids is 1. The first kappa shape index (κ1) is 18.0. The third-order valence-electron chi connectivity index (χ3n) is 5.10. The number of esters is 1. The Morgan fingerprint density at radius 3 is 2.77 bits per heavy atom. The van der Waals surface area contributed by atoms with Crippen molar-refractivity contribution < 1.29 is 9.53 Å². The minimum atomic E-state index is -0.385. The Morgan fingerprint density at radius 1 is 1.03 bits per heavy atom. The quantitative estimate of drug-likeness (QED) is 0.415. The first-order valence-electron chi connectivity index (χ1n) is 9.54. The molecular formula is C24H18N4O2. The van der Waals surface area contributed by atoms with E-state index in [1.54, 1.807) is 18.3 Å². The van der Waals surface area contributed by atoms with E-state index >= 15 is 0 Å². The number of methoxy groups -OCH3 is 1. The molecule has 30 heavy (non-hydrogen) atoms. The maximum Gasteiger partial charge on any atom is 0.337 e. The van der Waals surface area contributed by atoms with Crippen molar-refractivity contribution in [2.75, 3.05) is 7.11 Å². The highest BCUT2D eigenvalue weighted by atomic mass is 16.5. The molecule has 0 saturated heterocycles. The van der Waals surface area contributed by atoms with E-state index in [1.807, 2.05) is 66.2 Å². The van der Waals surface area contributed by atoms with Crippen LogP contribution >= 0.6 is 0 Å². The number of rotatable bonds is 3. The van der Waals surface area contributed by atoms with E-state index in [2.05, 4.69) is 4.98 Å². The third kappa shape index (κ3) is 2.90. The number of fused-ring (bicyclic) bond motifs is 2. The first-order valence-corrected chi connectivity index (χ1v) is 9.54. The van der Waals surface area contributed by atoms with Crippen LogP contribution in [0.4, 0.5) is 0 Å². The molecule has 0 fully saturated rings. The van der Waals surface area contributed by atoms with E-state index in [4.69, 9.17) is 14.8 Å². The summed E-state index contributed by atoms with van der Waals surface area (Å²) in [4.78, 5) is 21.1. The van der Waals surface area contributed by atoms with Gasteiger partial charge in [-0.15, -0.1) is 0 Å². The van der Waals surface area contributed by atoms with Crippen LogP contribution in [0, 0.1) is 6.92 Å². The fraction of sp³-hybridized carbons (Fsp3) is 0.0833. The molecule has 0 spiro atoms. The molecule has 6 heteroatoms. The van der Waals surface area contributed by atoms with Crippen molar-refractivity contribution in [3.05, 3.63) is 84.3 Å². The molecule has 0 saturated carbocycles. The zero-order valence-corrected chi connectivity index (χ0v) is 16.5. The lowest BCUT2D eigenvalue weighted by molar-refractivity contribution is 0.0601. The van der Waals surface area contributed by atoms with Gasteiger partial charge in [-0.2, -0.15) is 5.10 Å². The van der Waals surface area contributed by atoms with Crippen LogP contribution in [-0.2, 0) is 4.74 Å². The Hall–Kier alpha value is -4.06. The van der Waals surface area contributed by atoms with Crippen molar-refractivity contribution in [3.8, 4) is 22.5 Å². The highest BCUT2D eigenvalue weighted by Gasteiger charge is 2.20. The summed E-state index contributed by atoms with van der Waals surface area (Å²) in [6.07, 6.45) is 3.68. The Balaban J connectivity index is 1.82. The van der Waals surface area contributed by atoms with Gasteiger partial charge in [0.05, 0.1) is 29.4 Å². The summed E-state index contributed by atoms with van der Waals surface area (Å²) in [6, 6.07) is 19.3. The summed E-state index contributed by atoms with van der Waals surface area (Å²) in [5, 5.41) is 5.75. The summed E-state index contributed by atoms with van der Waals surface area (Å²) in [5.74, 6) is -0.385. The maximum absolute atomic E-state index is 11.9. The first-order chi connectivity index (χ1) is 14.7. The number of pyridine rings is 3. The lowest BCUT2D eigenvalue weighted by Crippen LogP contribution is -2.01. The molecule has 4 heterocycles. The molecule has 146 valence electrons. The Bertz CT molecular complexity index is 1420. The van der Waals surface area contributed by atoms with Gasteiger partial charge < -0.3 is 4.74 Å². The molecule has 0 aliphatic carbocycles. The predicted molar refractivity (Wildman–Crippen MR) is 115 cm³/mol. The highest BCUT2D eigenvalue weighted by molar-refractivity contribution is 6.04. The molecule has 4 aromatic heterocycles. The average Bonchev–Trinajstić information content (AvgIpc) is 3.17. The molecule has 5 rings (SSSR count). The molecular weight excluding hydrogens is 376 g/mol. The second-order valence-electron chi connectivity index (χ2n) is 7.00. The standard InChI is InChI=1S/C24H18N4O2/c1-15-6-5-7-19(26-15)23-22(21-8-3-4-13-28(21)27-23)18-11-12-25-20-14-16(24(29)30-2)9-10-17(18)20/h3-14H,1-2H3. The zero-order chi connectivity index (χ0) is 20.7. The van der Waals surface area contributed by atoms with Crippen molar-refractivity contribution in [2.45, 2.75) is 6.92 Å². The van der Waals surface area contributed by atoms with Crippen LogP contribution in [0.1, 0.15) is 16.1 Å². The van der Waals surface area contributed by atoms with Gasteiger partial charge in [-0.05, 0) is 55.0 Å². The van der Waals surface area contributed by atoms with Crippen LogP contribution in [0.25, 0.3) is 38.9 Å². The van der Waals surface area contributed by atoms with Crippen molar-refractivity contribution in [1.82, 2.24) is 19.6 Å². The van der Waals surface area contributed by atoms with Gasteiger partial charge in [-0.25, -0.2) is 9.31 Å². The van der Waals surface area contributed by atoms with Gasteiger partial charge in [-0.3, -0.25) is 9.97 Å². The minimum Gasteiger partial charge on any atom is -0.465 e. The fourth-order valence-electron chi connectivity index (χ4n) is 3.73. The summed E-state index contributed by atoms with van der Waals surface area (Å²) < 4.78 is 6.71. The van der Waals surface area contributed by atoms with Crippen LogP contribution in [0.3, 0.4) is 0 Å². The predicted octanol–water partition coefficient (Wildman–Crippen LogP) is 4.71. The summed E-state index contributed by atoms with van der Waals surface area (Å²) in [6.45, 7) is 1.97. The SMILES string of the molecule is COC(=O)c1ccc2c(-c3c(-c4cccc(C)n4)nn4ccccc34)ccnc2c1. The van der Waals surface area contributed by atoms with Gasteiger partial charge in [0.1, 0.15) is 5.69 Å². The third-order valence-corrected chi connectivity index (χ3v) is 5.10. The molecule has 1 aromatic carbocycles. The highest BCUT2D eigenvalue weighted by Crippen LogP contribution is 2.37. The molecule has 0 aliphatic heterocycles. The molecule has 0 N–H and O–H groups in total. The van der Waals surface area contributed by atoms with Crippen molar-refractivity contribution >= 4 is 22.4 Å². The molecule has 0 amide bonds. The number of benzene rings is 1. The Kier molecular flexibility index (Phi) is 4.25. The number of carbonyl (C=O) groups is 1. The fourth-order valence-corrected chi connectivity index (χ4v) is 3.73. The second kappa shape index (κ2) is 7.08. The number of aromatic nitrogens is 4. The summed E-state index contributed by atoms with van der Waals surface area (Å²) in [7, 11) is 1.37. The van der Waals surface area contributed by atoms with E-state index in [0.717, 1.165) is 39.1 Å². The summed E-state index contributed by atoms with van der Waals surface area (Å²) in [5.41, 5.74) is 6.66. The molecule has 0 aliphatic rings. The number of hydrogen-bond acceptors (Lipinski definition) is 5. The monoisotopic (exact) mass is 394 g/mol. The molecule has 6 nitrogen and oxygen atoms in total. The minimum absolute atomic E-state index is 0.385. The second-order valence-corrected chi connectivity index (χ2v) is 7.00. The van der Waals surface area contributed by atoms with Crippen molar-refractivity contribution in [1.29, 1.82) is 0 Å². The lowest BCUT2D eigenvalue weighted by Gasteiger charge is -2.09. The summed E-state index contributed by atoms with van der Waals surface area (Å²) >= 11 is 0. The Labute approximate surface area is 172 Å². The molecule has 0 unspecified atom stereocenters. The van der Waals surface area contributed by atoms with Crippen LogP contribution in [0.5, 0.6) is 0 Å². The molecule has 0 atom stereocenters.